The minimum absolute atomic E-state index is 0.00260. The third-order valence-electron chi connectivity index (χ3n) is 4.30. The number of methoxy groups -OCH3 is 1. The van der Waals surface area contributed by atoms with Gasteiger partial charge in [-0.05, 0) is 36.4 Å². The fraction of sp³-hybridized carbons (Fsp3) is 0.0909. The number of aromatic hydroxyl groups is 1. The van der Waals surface area contributed by atoms with Crippen LogP contribution in [-0.4, -0.2) is 39.3 Å². The maximum Gasteiger partial charge on any atom is 0.264 e. The smallest absolute Gasteiger partial charge is 0.264 e. The number of carbonyl (C=O) groups is 1. The maximum absolute atomic E-state index is 13.3. The molecule has 1 amide bonds. The number of amides is 1. The number of phenolic OH excluding ortho intramolecular Hbond substituents is 1. The third kappa shape index (κ3) is 5.20. The number of benzene rings is 3. The topological polar surface area (TPSA) is 108 Å². The summed E-state index contributed by atoms with van der Waals surface area (Å²) >= 11 is 0. The standard InChI is InChI=1S/C22H21N3O5S/c1-30-21-14-8-6-12-19(21)25(31(28,29)18-10-3-2-4-11-18)16-22(27)24-23-15-17-9-5-7-13-20(17)26/h2-15,26H,16H2,1H3,(H,24,27)/b23-15-. The molecular formula is C22H21N3O5S. The van der Waals surface area contributed by atoms with Crippen LogP contribution in [0.5, 0.6) is 11.5 Å². The highest BCUT2D eigenvalue weighted by molar-refractivity contribution is 7.92. The van der Waals surface area contributed by atoms with E-state index in [9.17, 15) is 18.3 Å². The van der Waals surface area contributed by atoms with Gasteiger partial charge in [0.05, 0.1) is 23.9 Å². The molecule has 3 rings (SSSR count). The summed E-state index contributed by atoms with van der Waals surface area (Å²) < 4.78 is 32.9. The van der Waals surface area contributed by atoms with Crippen molar-refractivity contribution >= 4 is 27.8 Å². The Bertz CT molecular complexity index is 1180. The van der Waals surface area contributed by atoms with E-state index in [0.29, 0.717) is 11.3 Å². The monoisotopic (exact) mass is 439 g/mol. The SMILES string of the molecule is COc1ccccc1N(CC(=O)N/N=C\c1ccccc1O)S(=O)(=O)c1ccccc1. The van der Waals surface area contributed by atoms with E-state index in [1.165, 1.54) is 31.5 Å². The van der Waals surface area contributed by atoms with Gasteiger partial charge in [-0.15, -0.1) is 0 Å². The molecule has 0 aliphatic carbocycles. The van der Waals surface area contributed by atoms with Gasteiger partial charge in [0, 0.05) is 5.56 Å². The Balaban J connectivity index is 1.88. The summed E-state index contributed by atoms with van der Waals surface area (Å²) in [5, 5.41) is 13.6. The lowest BCUT2D eigenvalue weighted by molar-refractivity contribution is -0.119. The quantitative estimate of drug-likeness (QED) is 0.414. The summed E-state index contributed by atoms with van der Waals surface area (Å²) in [5.74, 6) is -0.368. The van der Waals surface area contributed by atoms with Gasteiger partial charge >= 0.3 is 0 Å². The fourth-order valence-corrected chi connectivity index (χ4v) is 4.24. The van der Waals surface area contributed by atoms with Crippen LogP contribution in [0.1, 0.15) is 5.56 Å². The van der Waals surface area contributed by atoms with Crippen LogP contribution in [0.25, 0.3) is 0 Å². The Labute approximate surface area is 180 Å². The molecule has 31 heavy (non-hydrogen) atoms. The van der Waals surface area contributed by atoms with Crippen LogP contribution in [0.15, 0.2) is 88.9 Å². The number of para-hydroxylation sites is 3. The zero-order valence-electron chi connectivity index (χ0n) is 16.7. The second-order valence-corrected chi connectivity index (χ2v) is 8.21. The van der Waals surface area contributed by atoms with Crippen LogP contribution in [0, 0.1) is 0 Å². The highest BCUT2D eigenvalue weighted by atomic mass is 32.2. The van der Waals surface area contributed by atoms with Crippen LogP contribution < -0.4 is 14.5 Å². The molecule has 0 aliphatic rings. The molecule has 160 valence electrons. The van der Waals surface area contributed by atoms with Crippen molar-refractivity contribution in [3.63, 3.8) is 0 Å². The number of hydrogen-bond acceptors (Lipinski definition) is 6. The van der Waals surface area contributed by atoms with Crippen molar-refractivity contribution < 1.29 is 23.1 Å². The van der Waals surface area contributed by atoms with Gasteiger partial charge in [0.2, 0.25) is 0 Å². The van der Waals surface area contributed by atoms with Crippen LogP contribution in [0.2, 0.25) is 0 Å². The predicted octanol–water partition coefficient (Wildman–Crippen LogP) is 2.75. The van der Waals surface area contributed by atoms with Gasteiger partial charge in [-0.2, -0.15) is 5.10 Å². The maximum atomic E-state index is 13.3. The first kappa shape index (κ1) is 21.8. The van der Waals surface area contributed by atoms with Crippen molar-refractivity contribution in [3.8, 4) is 11.5 Å². The molecule has 0 fully saturated rings. The molecule has 0 bridgehead atoms. The average molecular weight is 439 g/mol. The third-order valence-corrected chi connectivity index (χ3v) is 6.08. The van der Waals surface area contributed by atoms with Crippen molar-refractivity contribution in [3.05, 3.63) is 84.4 Å². The van der Waals surface area contributed by atoms with E-state index in [1.807, 2.05) is 0 Å². The Hall–Kier alpha value is -3.85. The zero-order chi connectivity index (χ0) is 22.3. The van der Waals surface area contributed by atoms with E-state index in [2.05, 4.69) is 10.5 Å². The molecule has 8 nitrogen and oxygen atoms in total. The van der Waals surface area contributed by atoms with E-state index >= 15 is 0 Å². The van der Waals surface area contributed by atoms with Crippen LogP contribution in [0.4, 0.5) is 5.69 Å². The Kier molecular flexibility index (Phi) is 6.88. The van der Waals surface area contributed by atoms with E-state index in [-0.39, 0.29) is 16.3 Å². The highest BCUT2D eigenvalue weighted by Crippen LogP contribution is 2.32. The zero-order valence-corrected chi connectivity index (χ0v) is 17.5. The number of nitrogens with zero attached hydrogens (tertiary/aromatic N) is 2. The summed E-state index contributed by atoms with van der Waals surface area (Å²) in [6, 6.07) is 20.8. The van der Waals surface area contributed by atoms with Crippen LogP contribution >= 0.6 is 0 Å². The molecule has 0 radical (unpaired) electrons. The number of nitrogens with one attached hydrogen (secondary N) is 1. The normalized spacial score (nSPS) is 11.3. The lowest BCUT2D eigenvalue weighted by Gasteiger charge is -2.25. The molecule has 9 heteroatoms. The number of ether oxygens (including phenoxy) is 1. The van der Waals surface area contributed by atoms with E-state index in [0.717, 1.165) is 4.31 Å². The van der Waals surface area contributed by atoms with Gasteiger partial charge in [0.1, 0.15) is 18.0 Å². The van der Waals surface area contributed by atoms with Gasteiger partial charge in [-0.3, -0.25) is 9.10 Å². The molecule has 0 unspecified atom stereocenters. The Morgan fingerprint density at radius 2 is 1.68 bits per heavy atom. The lowest BCUT2D eigenvalue weighted by Crippen LogP contribution is -2.39. The van der Waals surface area contributed by atoms with Crippen molar-refractivity contribution in [2.75, 3.05) is 18.0 Å². The molecule has 0 spiro atoms. The summed E-state index contributed by atoms with van der Waals surface area (Å²) in [6.45, 7) is -0.532. The first-order valence-corrected chi connectivity index (χ1v) is 10.7. The predicted molar refractivity (Wildman–Crippen MR) is 118 cm³/mol. The summed E-state index contributed by atoms with van der Waals surface area (Å²) in [4.78, 5) is 12.6. The second-order valence-electron chi connectivity index (χ2n) is 6.35. The number of carbonyl (C=O) groups excluding carboxylic acids is 1. The number of rotatable bonds is 8. The number of hydrazone groups is 1. The molecule has 0 aromatic heterocycles. The summed E-state index contributed by atoms with van der Waals surface area (Å²) in [5.41, 5.74) is 2.91. The van der Waals surface area contributed by atoms with Gasteiger partial charge in [0.15, 0.2) is 0 Å². The number of anilines is 1. The van der Waals surface area contributed by atoms with Gasteiger partial charge in [-0.1, -0.05) is 42.5 Å². The Morgan fingerprint density at radius 3 is 2.39 bits per heavy atom. The lowest BCUT2D eigenvalue weighted by atomic mass is 10.2. The molecule has 0 aliphatic heterocycles. The van der Waals surface area contributed by atoms with Gasteiger partial charge in [-0.25, -0.2) is 13.8 Å². The number of sulfonamides is 1. The molecule has 2 N–H and O–H groups in total. The van der Waals surface area contributed by atoms with Gasteiger partial charge in [0.25, 0.3) is 15.9 Å². The second kappa shape index (κ2) is 9.77. The van der Waals surface area contributed by atoms with Crippen molar-refractivity contribution in [2.45, 2.75) is 4.90 Å². The molecular weight excluding hydrogens is 418 g/mol. The fourth-order valence-electron chi connectivity index (χ4n) is 2.79. The minimum Gasteiger partial charge on any atom is -0.507 e. The van der Waals surface area contributed by atoms with Crippen molar-refractivity contribution in [1.29, 1.82) is 0 Å². The van der Waals surface area contributed by atoms with E-state index < -0.39 is 22.5 Å². The molecule has 0 atom stereocenters. The molecule has 0 saturated heterocycles. The van der Waals surface area contributed by atoms with E-state index in [1.54, 1.807) is 60.7 Å². The summed E-state index contributed by atoms with van der Waals surface area (Å²) in [7, 11) is -2.65. The summed E-state index contributed by atoms with van der Waals surface area (Å²) in [6.07, 6.45) is 1.27. The Morgan fingerprint density at radius 1 is 1.03 bits per heavy atom. The van der Waals surface area contributed by atoms with Crippen LogP contribution in [0.3, 0.4) is 0 Å². The molecule has 0 heterocycles. The van der Waals surface area contributed by atoms with Gasteiger partial charge < -0.3 is 9.84 Å². The van der Waals surface area contributed by atoms with E-state index in [4.69, 9.17) is 4.74 Å². The molecule has 0 saturated carbocycles. The molecule has 3 aromatic carbocycles. The highest BCUT2D eigenvalue weighted by Gasteiger charge is 2.29. The van der Waals surface area contributed by atoms with Crippen LogP contribution in [-0.2, 0) is 14.8 Å². The number of phenols is 1. The molecule has 3 aromatic rings. The number of hydrogen-bond donors (Lipinski definition) is 2. The first-order valence-electron chi connectivity index (χ1n) is 9.24. The largest absolute Gasteiger partial charge is 0.507 e. The van der Waals surface area contributed by atoms with Crippen molar-refractivity contribution in [2.24, 2.45) is 5.10 Å². The first-order chi connectivity index (χ1) is 14.9. The average Bonchev–Trinajstić information content (AvgIpc) is 2.79. The minimum atomic E-state index is -4.07. The van der Waals surface area contributed by atoms with Crippen molar-refractivity contribution in [1.82, 2.24) is 5.43 Å².